The second-order valence-electron chi connectivity index (χ2n) is 3.72. The van der Waals surface area contributed by atoms with Crippen molar-refractivity contribution in [1.29, 1.82) is 0 Å². The SMILES string of the molecule is CCCNCC=Cc1cc(C(=O)OC)c(C)o1. The van der Waals surface area contributed by atoms with Gasteiger partial charge < -0.3 is 14.5 Å². The van der Waals surface area contributed by atoms with Crippen LogP contribution in [0, 0.1) is 6.92 Å². The quantitative estimate of drug-likeness (QED) is 0.609. The maximum absolute atomic E-state index is 11.3. The minimum atomic E-state index is -0.366. The predicted molar refractivity (Wildman–Crippen MR) is 67.0 cm³/mol. The van der Waals surface area contributed by atoms with Crippen LogP contribution in [-0.2, 0) is 4.74 Å². The van der Waals surface area contributed by atoms with Crippen molar-refractivity contribution in [2.75, 3.05) is 20.2 Å². The number of esters is 1. The van der Waals surface area contributed by atoms with E-state index < -0.39 is 0 Å². The number of rotatable bonds is 6. The number of hydrogen-bond donors (Lipinski definition) is 1. The summed E-state index contributed by atoms with van der Waals surface area (Å²) < 4.78 is 10.1. The summed E-state index contributed by atoms with van der Waals surface area (Å²) >= 11 is 0. The van der Waals surface area contributed by atoms with Crippen molar-refractivity contribution in [3.8, 4) is 0 Å². The Balaban J connectivity index is 2.58. The monoisotopic (exact) mass is 237 g/mol. The zero-order valence-electron chi connectivity index (χ0n) is 10.6. The van der Waals surface area contributed by atoms with Crippen LogP contribution in [-0.4, -0.2) is 26.2 Å². The lowest BCUT2D eigenvalue weighted by Gasteiger charge is -1.95. The van der Waals surface area contributed by atoms with Crippen LogP contribution in [0.4, 0.5) is 0 Å². The van der Waals surface area contributed by atoms with Gasteiger partial charge in [-0.25, -0.2) is 4.79 Å². The van der Waals surface area contributed by atoms with E-state index in [2.05, 4.69) is 17.0 Å². The molecule has 0 saturated carbocycles. The Kier molecular flexibility index (Phi) is 5.49. The van der Waals surface area contributed by atoms with E-state index >= 15 is 0 Å². The first-order valence-electron chi connectivity index (χ1n) is 5.75. The van der Waals surface area contributed by atoms with Gasteiger partial charge in [-0.15, -0.1) is 0 Å². The average Bonchev–Trinajstić information content (AvgIpc) is 2.69. The number of methoxy groups -OCH3 is 1. The fraction of sp³-hybridized carbons (Fsp3) is 0.462. The van der Waals surface area contributed by atoms with Crippen molar-refractivity contribution in [3.63, 3.8) is 0 Å². The molecular formula is C13H19NO3. The van der Waals surface area contributed by atoms with E-state index in [1.165, 1.54) is 7.11 Å². The molecule has 0 unspecified atom stereocenters. The first kappa shape index (κ1) is 13.5. The van der Waals surface area contributed by atoms with Crippen LogP contribution in [0.15, 0.2) is 16.6 Å². The van der Waals surface area contributed by atoms with Gasteiger partial charge in [0.15, 0.2) is 0 Å². The molecule has 0 fully saturated rings. The van der Waals surface area contributed by atoms with Gasteiger partial charge in [-0.1, -0.05) is 13.0 Å². The lowest BCUT2D eigenvalue weighted by molar-refractivity contribution is 0.0599. The van der Waals surface area contributed by atoms with Crippen LogP contribution in [0.25, 0.3) is 6.08 Å². The van der Waals surface area contributed by atoms with Gasteiger partial charge in [-0.05, 0) is 32.0 Å². The van der Waals surface area contributed by atoms with Crippen LogP contribution >= 0.6 is 0 Å². The number of aryl methyl sites for hydroxylation is 1. The molecule has 1 rings (SSSR count). The molecular weight excluding hydrogens is 218 g/mol. The molecule has 17 heavy (non-hydrogen) atoms. The van der Waals surface area contributed by atoms with E-state index in [0.29, 0.717) is 17.1 Å². The first-order valence-corrected chi connectivity index (χ1v) is 5.75. The fourth-order valence-corrected chi connectivity index (χ4v) is 1.44. The topological polar surface area (TPSA) is 51.5 Å². The standard InChI is InChI=1S/C13H19NO3/c1-4-7-14-8-5-6-11-9-12(10(2)17-11)13(15)16-3/h5-6,9,14H,4,7-8H2,1-3H3. The third kappa shape index (κ3) is 4.07. The van der Waals surface area contributed by atoms with Crippen LogP contribution in [0.5, 0.6) is 0 Å². The molecule has 1 aromatic rings. The summed E-state index contributed by atoms with van der Waals surface area (Å²) in [7, 11) is 1.36. The third-order valence-corrected chi connectivity index (χ3v) is 2.31. The normalized spacial score (nSPS) is 11.0. The number of ether oxygens (including phenoxy) is 1. The summed E-state index contributed by atoms with van der Waals surface area (Å²) in [5.74, 6) is 0.884. The molecule has 0 radical (unpaired) electrons. The second kappa shape index (κ2) is 6.91. The van der Waals surface area contributed by atoms with E-state index in [9.17, 15) is 4.79 Å². The molecule has 0 aliphatic heterocycles. The largest absolute Gasteiger partial charge is 0.465 e. The van der Waals surface area contributed by atoms with Gasteiger partial charge in [-0.3, -0.25) is 0 Å². The van der Waals surface area contributed by atoms with Crippen molar-refractivity contribution >= 4 is 12.0 Å². The third-order valence-electron chi connectivity index (χ3n) is 2.31. The zero-order chi connectivity index (χ0) is 12.7. The van der Waals surface area contributed by atoms with Crippen LogP contribution < -0.4 is 5.32 Å². The maximum Gasteiger partial charge on any atom is 0.341 e. The van der Waals surface area contributed by atoms with Gasteiger partial charge in [-0.2, -0.15) is 0 Å². The second-order valence-corrected chi connectivity index (χ2v) is 3.72. The van der Waals surface area contributed by atoms with Crippen molar-refractivity contribution in [1.82, 2.24) is 5.32 Å². The van der Waals surface area contributed by atoms with Gasteiger partial charge in [0.25, 0.3) is 0 Å². The Morgan fingerprint density at radius 3 is 3.00 bits per heavy atom. The van der Waals surface area contributed by atoms with E-state index in [1.54, 1.807) is 13.0 Å². The van der Waals surface area contributed by atoms with Crippen molar-refractivity contribution in [2.24, 2.45) is 0 Å². The molecule has 0 aromatic carbocycles. The highest BCUT2D eigenvalue weighted by Crippen LogP contribution is 2.16. The molecule has 0 saturated heterocycles. The molecule has 1 aromatic heterocycles. The number of hydrogen-bond acceptors (Lipinski definition) is 4. The van der Waals surface area contributed by atoms with E-state index in [-0.39, 0.29) is 5.97 Å². The van der Waals surface area contributed by atoms with Gasteiger partial charge in [0, 0.05) is 6.54 Å². The molecule has 0 aliphatic rings. The summed E-state index contributed by atoms with van der Waals surface area (Å²) in [6.07, 6.45) is 4.93. The lowest BCUT2D eigenvalue weighted by Crippen LogP contribution is -2.13. The summed E-state index contributed by atoms with van der Waals surface area (Å²) in [4.78, 5) is 11.3. The first-order chi connectivity index (χ1) is 8.19. The van der Waals surface area contributed by atoms with Gasteiger partial charge in [0.2, 0.25) is 0 Å². The summed E-state index contributed by atoms with van der Waals surface area (Å²) in [6.45, 7) is 5.66. The minimum absolute atomic E-state index is 0.366. The van der Waals surface area contributed by atoms with Gasteiger partial charge in [0.1, 0.15) is 17.1 Å². The highest BCUT2D eigenvalue weighted by atomic mass is 16.5. The molecule has 0 aliphatic carbocycles. The molecule has 0 amide bonds. The minimum Gasteiger partial charge on any atom is -0.465 e. The van der Waals surface area contributed by atoms with Crippen molar-refractivity contribution in [2.45, 2.75) is 20.3 Å². The average molecular weight is 237 g/mol. The zero-order valence-corrected chi connectivity index (χ0v) is 10.6. The Bertz CT molecular complexity index is 393. The van der Waals surface area contributed by atoms with Crippen molar-refractivity contribution in [3.05, 3.63) is 29.2 Å². The predicted octanol–water partition coefficient (Wildman–Crippen LogP) is 2.39. The van der Waals surface area contributed by atoms with Gasteiger partial charge >= 0.3 is 5.97 Å². The molecule has 4 nitrogen and oxygen atoms in total. The van der Waals surface area contributed by atoms with Crippen LogP contribution in [0.2, 0.25) is 0 Å². The number of nitrogens with one attached hydrogen (secondary N) is 1. The van der Waals surface area contributed by atoms with Crippen LogP contribution in [0.1, 0.15) is 35.2 Å². The van der Waals surface area contributed by atoms with Crippen LogP contribution in [0.3, 0.4) is 0 Å². The summed E-state index contributed by atoms with van der Waals surface area (Å²) in [5.41, 5.74) is 0.480. The molecule has 0 bridgehead atoms. The fourth-order valence-electron chi connectivity index (χ4n) is 1.44. The molecule has 0 spiro atoms. The van der Waals surface area contributed by atoms with Gasteiger partial charge in [0.05, 0.1) is 7.11 Å². The molecule has 1 heterocycles. The lowest BCUT2D eigenvalue weighted by atomic mass is 10.2. The number of carbonyl (C=O) groups excluding carboxylic acids is 1. The number of carbonyl (C=O) groups is 1. The smallest absolute Gasteiger partial charge is 0.341 e. The van der Waals surface area contributed by atoms with E-state index in [1.807, 2.05) is 12.2 Å². The number of furan rings is 1. The molecule has 94 valence electrons. The highest BCUT2D eigenvalue weighted by Gasteiger charge is 2.13. The van der Waals surface area contributed by atoms with Crippen molar-refractivity contribution < 1.29 is 13.9 Å². The molecule has 4 heteroatoms. The van der Waals surface area contributed by atoms with E-state index in [0.717, 1.165) is 19.5 Å². The Labute approximate surface area is 102 Å². The summed E-state index contributed by atoms with van der Waals surface area (Å²) in [6, 6.07) is 1.69. The Hall–Kier alpha value is -1.55. The maximum atomic E-state index is 11.3. The summed E-state index contributed by atoms with van der Waals surface area (Å²) in [5, 5.41) is 3.24. The Morgan fingerprint density at radius 2 is 2.35 bits per heavy atom. The molecule has 0 atom stereocenters. The molecule has 1 N–H and O–H groups in total. The Morgan fingerprint density at radius 1 is 1.59 bits per heavy atom. The van der Waals surface area contributed by atoms with E-state index in [4.69, 9.17) is 4.42 Å². The highest BCUT2D eigenvalue weighted by molar-refractivity contribution is 5.90.